The number of benzene rings is 1. The highest BCUT2D eigenvalue weighted by molar-refractivity contribution is 5.77. The summed E-state index contributed by atoms with van der Waals surface area (Å²) >= 11 is 0. The molecule has 0 spiro atoms. The van der Waals surface area contributed by atoms with Crippen LogP contribution >= 0.6 is 0 Å². The third-order valence-corrected chi connectivity index (χ3v) is 2.12. The molecule has 0 saturated heterocycles. The number of amides is 1. The third-order valence-electron chi connectivity index (χ3n) is 2.12. The van der Waals surface area contributed by atoms with Gasteiger partial charge in [0.1, 0.15) is 12.4 Å². The third kappa shape index (κ3) is 5.33. The Labute approximate surface area is 101 Å². The van der Waals surface area contributed by atoms with E-state index in [9.17, 15) is 4.79 Å². The Morgan fingerprint density at radius 3 is 3.00 bits per heavy atom. The van der Waals surface area contributed by atoms with Crippen LogP contribution in [0.25, 0.3) is 0 Å². The fraction of sp³-hybridized carbons (Fsp3) is 0.417. The smallest absolute Gasteiger partial charge is 0.246 e. The number of ether oxygens (including phenoxy) is 2. The lowest BCUT2D eigenvalue weighted by molar-refractivity contribution is -0.125. The molecule has 0 fully saturated rings. The second kappa shape index (κ2) is 7.65. The van der Waals surface area contributed by atoms with Crippen molar-refractivity contribution < 1.29 is 14.3 Å². The number of hydrogen-bond donors (Lipinski definition) is 2. The van der Waals surface area contributed by atoms with Crippen molar-refractivity contribution in [2.75, 3.05) is 26.9 Å². The molecule has 3 N–H and O–H groups in total. The monoisotopic (exact) mass is 238 g/mol. The molecule has 0 heterocycles. The average Bonchev–Trinajstić information content (AvgIpc) is 2.37. The van der Waals surface area contributed by atoms with Gasteiger partial charge in [0.15, 0.2) is 0 Å². The van der Waals surface area contributed by atoms with Gasteiger partial charge in [0, 0.05) is 13.1 Å². The van der Waals surface area contributed by atoms with Gasteiger partial charge >= 0.3 is 0 Å². The quantitative estimate of drug-likeness (QED) is 0.669. The van der Waals surface area contributed by atoms with Gasteiger partial charge in [-0.15, -0.1) is 0 Å². The molecule has 0 unspecified atom stereocenters. The van der Waals surface area contributed by atoms with Crippen LogP contribution in [0.3, 0.4) is 0 Å². The molecule has 94 valence electrons. The number of methoxy groups -OCH3 is 1. The van der Waals surface area contributed by atoms with E-state index in [1.54, 1.807) is 7.11 Å². The van der Waals surface area contributed by atoms with E-state index in [1.807, 2.05) is 24.3 Å². The van der Waals surface area contributed by atoms with Crippen LogP contribution < -0.4 is 15.8 Å². The van der Waals surface area contributed by atoms with Gasteiger partial charge in [-0.2, -0.15) is 0 Å². The second-order valence-corrected chi connectivity index (χ2v) is 3.47. The van der Waals surface area contributed by atoms with Gasteiger partial charge in [0.2, 0.25) is 5.91 Å². The van der Waals surface area contributed by atoms with E-state index in [4.69, 9.17) is 15.2 Å². The number of rotatable bonds is 7. The molecule has 0 bridgehead atoms. The molecule has 1 amide bonds. The zero-order valence-corrected chi connectivity index (χ0v) is 9.94. The summed E-state index contributed by atoms with van der Waals surface area (Å²) in [6.45, 7) is 1.32. The number of nitrogens with one attached hydrogen (secondary N) is 1. The first-order valence-corrected chi connectivity index (χ1v) is 5.43. The SMILES string of the molecule is COc1cccc(CNC(=O)COCCN)c1. The number of nitrogens with two attached hydrogens (primary N) is 1. The fourth-order valence-electron chi connectivity index (χ4n) is 1.28. The topological polar surface area (TPSA) is 73.6 Å². The predicted molar refractivity (Wildman–Crippen MR) is 64.7 cm³/mol. The Morgan fingerprint density at radius 2 is 2.29 bits per heavy atom. The van der Waals surface area contributed by atoms with E-state index in [2.05, 4.69) is 5.32 Å². The average molecular weight is 238 g/mol. The molecule has 0 aliphatic carbocycles. The zero-order valence-electron chi connectivity index (χ0n) is 9.94. The summed E-state index contributed by atoms with van der Waals surface area (Å²) in [5.41, 5.74) is 6.22. The van der Waals surface area contributed by atoms with E-state index in [1.165, 1.54) is 0 Å². The predicted octanol–water partition coefficient (Wildman–Crippen LogP) is 0.287. The normalized spacial score (nSPS) is 10.0. The molecule has 0 atom stereocenters. The van der Waals surface area contributed by atoms with Gasteiger partial charge in [-0.3, -0.25) is 4.79 Å². The molecule has 0 radical (unpaired) electrons. The van der Waals surface area contributed by atoms with E-state index >= 15 is 0 Å². The number of hydrogen-bond acceptors (Lipinski definition) is 4. The van der Waals surface area contributed by atoms with Crippen LogP contribution in [0.4, 0.5) is 0 Å². The Bertz CT molecular complexity index is 355. The molecule has 0 aromatic heterocycles. The van der Waals surface area contributed by atoms with Crippen molar-refractivity contribution >= 4 is 5.91 Å². The van der Waals surface area contributed by atoms with Crippen LogP contribution in [0, 0.1) is 0 Å². The second-order valence-electron chi connectivity index (χ2n) is 3.47. The van der Waals surface area contributed by atoms with Gasteiger partial charge < -0.3 is 20.5 Å². The summed E-state index contributed by atoms with van der Waals surface area (Å²) in [5.74, 6) is 0.623. The maximum Gasteiger partial charge on any atom is 0.246 e. The number of carbonyl (C=O) groups is 1. The minimum absolute atomic E-state index is 0.0428. The fourth-order valence-corrected chi connectivity index (χ4v) is 1.28. The summed E-state index contributed by atoms with van der Waals surface area (Å²) in [5, 5.41) is 2.75. The van der Waals surface area contributed by atoms with Gasteiger partial charge in [-0.05, 0) is 17.7 Å². The Morgan fingerprint density at radius 1 is 1.47 bits per heavy atom. The minimum atomic E-state index is -0.152. The van der Waals surface area contributed by atoms with Crippen molar-refractivity contribution in [3.8, 4) is 5.75 Å². The van der Waals surface area contributed by atoms with E-state index < -0.39 is 0 Å². The van der Waals surface area contributed by atoms with Gasteiger partial charge in [0.05, 0.1) is 13.7 Å². The molecule has 5 heteroatoms. The lowest BCUT2D eigenvalue weighted by Gasteiger charge is -2.07. The highest BCUT2D eigenvalue weighted by Gasteiger charge is 2.01. The van der Waals surface area contributed by atoms with Crippen molar-refractivity contribution in [1.29, 1.82) is 0 Å². The molecule has 1 rings (SSSR count). The highest BCUT2D eigenvalue weighted by atomic mass is 16.5. The lowest BCUT2D eigenvalue weighted by atomic mass is 10.2. The van der Waals surface area contributed by atoms with Gasteiger partial charge in [-0.1, -0.05) is 12.1 Å². The van der Waals surface area contributed by atoms with Crippen molar-refractivity contribution in [1.82, 2.24) is 5.32 Å². The van der Waals surface area contributed by atoms with E-state index in [0.717, 1.165) is 11.3 Å². The summed E-state index contributed by atoms with van der Waals surface area (Å²) in [4.78, 5) is 11.3. The van der Waals surface area contributed by atoms with Crippen molar-refractivity contribution in [3.63, 3.8) is 0 Å². The van der Waals surface area contributed by atoms with Gasteiger partial charge in [-0.25, -0.2) is 0 Å². The molecule has 1 aromatic rings. The van der Waals surface area contributed by atoms with Crippen LogP contribution in [0.1, 0.15) is 5.56 Å². The van der Waals surface area contributed by atoms with Crippen LogP contribution in [0.5, 0.6) is 5.75 Å². The maximum atomic E-state index is 11.3. The van der Waals surface area contributed by atoms with Crippen LogP contribution in [-0.4, -0.2) is 32.8 Å². The highest BCUT2D eigenvalue weighted by Crippen LogP contribution is 2.11. The standard InChI is InChI=1S/C12H18N2O3/c1-16-11-4-2-3-10(7-11)8-14-12(15)9-17-6-5-13/h2-4,7H,5-6,8-9,13H2,1H3,(H,14,15). The summed E-state index contributed by atoms with van der Waals surface area (Å²) in [6.07, 6.45) is 0. The van der Waals surface area contributed by atoms with Crippen LogP contribution in [-0.2, 0) is 16.1 Å². The zero-order chi connectivity index (χ0) is 12.5. The Balaban J connectivity index is 2.31. The van der Waals surface area contributed by atoms with E-state index in [0.29, 0.717) is 19.7 Å². The molecule has 17 heavy (non-hydrogen) atoms. The molecule has 1 aromatic carbocycles. The van der Waals surface area contributed by atoms with E-state index in [-0.39, 0.29) is 12.5 Å². The minimum Gasteiger partial charge on any atom is -0.497 e. The van der Waals surface area contributed by atoms with Crippen LogP contribution in [0.15, 0.2) is 24.3 Å². The summed E-state index contributed by atoms with van der Waals surface area (Å²) in [6, 6.07) is 7.53. The lowest BCUT2D eigenvalue weighted by Crippen LogP contribution is -2.28. The Kier molecular flexibility index (Phi) is 6.06. The van der Waals surface area contributed by atoms with Crippen molar-refractivity contribution in [2.45, 2.75) is 6.54 Å². The molecule has 0 aliphatic heterocycles. The summed E-state index contributed by atoms with van der Waals surface area (Å²) < 4.78 is 10.1. The first kappa shape index (κ1) is 13.5. The van der Waals surface area contributed by atoms with Crippen LogP contribution in [0.2, 0.25) is 0 Å². The first-order chi connectivity index (χ1) is 8.26. The van der Waals surface area contributed by atoms with Crippen molar-refractivity contribution in [3.05, 3.63) is 29.8 Å². The summed E-state index contributed by atoms with van der Waals surface area (Å²) in [7, 11) is 1.61. The van der Waals surface area contributed by atoms with Crippen molar-refractivity contribution in [2.24, 2.45) is 5.73 Å². The molecular weight excluding hydrogens is 220 g/mol. The number of carbonyl (C=O) groups excluding carboxylic acids is 1. The maximum absolute atomic E-state index is 11.3. The van der Waals surface area contributed by atoms with Gasteiger partial charge in [0.25, 0.3) is 0 Å². The molecular formula is C12H18N2O3. The molecule has 0 saturated carbocycles. The molecule has 0 aliphatic rings. The largest absolute Gasteiger partial charge is 0.497 e. The molecule has 5 nitrogen and oxygen atoms in total. The first-order valence-electron chi connectivity index (χ1n) is 5.43. The Hall–Kier alpha value is -1.59.